The number of amides is 3. The van der Waals surface area contributed by atoms with Crippen molar-refractivity contribution in [3.63, 3.8) is 0 Å². The van der Waals surface area contributed by atoms with Crippen LogP contribution in [-0.2, 0) is 16.9 Å². The Morgan fingerprint density at radius 2 is 1.74 bits per heavy atom. The molecule has 0 aliphatic carbocycles. The summed E-state index contributed by atoms with van der Waals surface area (Å²) in [6, 6.07) is 14.7. The third-order valence-electron chi connectivity index (χ3n) is 4.84. The molecule has 7 nitrogen and oxygen atoms in total. The number of carbonyl (C=O) groups is 2. The van der Waals surface area contributed by atoms with Crippen molar-refractivity contribution in [2.75, 3.05) is 0 Å². The minimum atomic E-state index is -1.06. The Kier molecular flexibility index (Phi) is 5.21. The van der Waals surface area contributed by atoms with E-state index in [-0.39, 0.29) is 18.1 Å². The van der Waals surface area contributed by atoms with Crippen molar-refractivity contribution in [1.82, 2.24) is 10.2 Å². The first-order valence-electron chi connectivity index (χ1n) is 8.91. The number of nitro benzene ring substituents is 1. The number of non-ortho nitro benzene ring substituents is 1. The average Bonchev–Trinajstić information content (AvgIpc) is 2.92. The number of carbonyl (C=O) groups excluding carboxylic acids is 2. The van der Waals surface area contributed by atoms with Gasteiger partial charge in [-0.25, -0.2) is 4.79 Å². The van der Waals surface area contributed by atoms with E-state index in [9.17, 15) is 19.7 Å². The van der Waals surface area contributed by atoms with Gasteiger partial charge in [-0.1, -0.05) is 62.2 Å². The fourth-order valence-corrected chi connectivity index (χ4v) is 3.35. The number of nitrogens with one attached hydrogen (secondary N) is 1. The Morgan fingerprint density at radius 3 is 2.33 bits per heavy atom. The van der Waals surface area contributed by atoms with E-state index in [4.69, 9.17) is 0 Å². The standard InChI is InChI=1S/C20H21N3O4/c1-2-3-13-20(16-7-5-4-6-8-16)18(24)22(19(25)21-20)14-15-9-11-17(12-10-15)23(26)27/h4-12H,2-3,13-14H2,1H3,(H,21,25). The number of hydrogen-bond acceptors (Lipinski definition) is 4. The van der Waals surface area contributed by atoms with Crippen LogP contribution in [0.2, 0.25) is 0 Å². The lowest BCUT2D eigenvalue weighted by atomic mass is 9.85. The highest BCUT2D eigenvalue weighted by Crippen LogP contribution is 2.34. The summed E-state index contributed by atoms with van der Waals surface area (Å²) in [6.07, 6.45) is 2.22. The second-order valence-electron chi connectivity index (χ2n) is 6.62. The molecule has 7 heteroatoms. The fraction of sp³-hybridized carbons (Fsp3) is 0.300. The summed E-state index contributed by atoms with van der Waals surface area (Å²) in [5.41, 5.74) is 0.332. The van der Waals surface area contributed by atoms with Gasteiger partial charge in [0.2, 0.25) is 0 Å². The van der Waals surface area contributed by atoms with E-state index in [1.807, 2.05) is 37.3 Å². The molecule has 1 aliphatic heterocycles. The van der Waals surface area contributed by atoms with Gasteiger partial charge in [-0.2, -0.15) is 0 Å². The molecule has 2 aromatic carbocycles. The predicted molar refractivity (Wildman–Crippen MR) is 99.8 cm³/mol. The maximum atomic E-state index is 13.3. The molecule has 1 fully saturated rings. The molecule has 0 saturated carbocycles. The van der Waals surface area contributed by atoms with E-state index in [2.05, 4.69) is 5.32 Å². The molecule has 1 unspecified atom stereocenters. The molecule has 0 spiro atoms. The van der Waals surface area contributed by atoms with Crippen molar-refractivity contribution in [1.29, 1.82) is 0 Å². The zero-order valence-electron chi connectivity index (χ0n) is 15.1. The Labute approximate surface area is 157 Å². The predicted octanol–water partition coefficient (Wildman–Crippen LogP) is 3.73. The molecule has 1 aliphatic rings. The first-order valence-corrected chi connectivity index (χ1v) is 8.91. The molecule has 1 saturated heterocycles. The highest BCUT2D eigenvalue weighted by molar-refractivity contribution is 6.07. The third-order valence-corrected chi connectivity index (χ3v) is 4.84. The number of unbranched alkanes of at least 4 members (excludes halogenated alkanes) is 1. The van der Waals surface area contributed by atoms with Crippen molar-refractivity contribution in [2.24, 2.45) is 0 Å². The van der Waals surface area contributed by atoms with E-state index >= 15 is 0 Å². The quantitative estimate of drug-likeness (QED) is 0.458. The van der Waals surface area contributed by atoms with Crippen molar-refractivity contribution < 1.29 is 14.5 Å². The van der Waals surface area contributed by atoms with E-state index in [0.717, 1.165) is 18.4 Å². The zero-order valence-corrected chi connectivity index (χ0v) is 15.1. The van der Waals surface area contributed by atoms with E-state index in [1.165, 1.54) is 17.0 Å². The SMILES string of the molecule is CCCCC1(c2ccccc2)NC(=O)N(Cc2ccc([N+](=O)[O-])cc2)C1=O. The molecular weight excluding hydrogens is 346 g/mol. The lowest BCUT2D eigenvalue weighted by Crippen LogP contribution is -2.44. The van der Waals surface area contributed by atoms with E-state index < -0.39 is 16.5 Å². The van der Waals surface area contributed by atoms with Crippen LogP contribution in [0.15, 0.2) is 54.6 Å². The van der Waals surface area contributed by atoms with Crippen LogP contribution in [0.1, 0.15) is 37.3 Å². The van der Waals surface area contributed by atoms with Crippen LogP contribution in [0.25, 0.3) is 0 Å². The van der Waals surface area contributed by atoms with Gasteiger partial charge in [-0.05, 0) is 17.5 Å². The average molecular weight is 367 g/mol. The summed E-state index contributed by atoms with van der Waals surface area (Å²) in [4.78, 5) is 37.3. The summed E-state index contributed by atoms with van der Waals surface area (Å²) >= 11 is 0. The maximum Gasteiger partial charge on any atom is 0.325 e. The molecule has 140 valence electrons. The molecule has 0 bridgehead atoms. The minimum absolute atomic E-state index is 0.0301. The summed E-state index contributed by atoms with van der Waals surface area (Å²) < 4.78 is 0. The second-order valence-corrected chi connectivity index (χ2v) is 6.62. The Balaban J connectivity index is 1.88. The van der Waals surface area contributed by atoms with E-state index in [1.54, 1.807) is 12.1 Å². The minimum Gasteiger partial charge on any atom is -0.319 e. The molecule has 0 aromatic heterocycles. The van der Waals surface area contributed by atoms with Gasteiger partial charge in [0, 0.05) is 12.1 Å². The van der Waals surface area contributed by atoms with Crippen LogP contribution >= 0.6 is 0 Å². The molecule has 3 rings (SSSR count). The summed E-state index contributed by atoms with van der Waals surface area (Å²) in [7, 11) is 0. The lowest BCUT2D eigenvalue weighted by Gasteiger charge is -2.27. The van der Waals surface area contributed by atoms with Gasteiger partial charge in [-0.15, -0.1) is 0 Å². The third kappa shape index (κ3) is 3.53. The highest BCUT2D eigenvalue weighted by atomic mass is 16.6. The van der Waals surface area contributed by atoms with Gasteiger partial charge in [0.25, 0.3) is 11.6 Å². The Hall–Kier alpha value is -3.22. The maximum absolute atomic E-state index is 13.3. The normalized spacial score (nSPS) is 19.2. The number of hydrogen-bond donors (Lipinski definition) is 1. The molecular formula is C20H21N3O4. The van der Waals surface area contributed by atoms with Gasteiger partial charge in [0.1, 0.15) is 5.54 Å². The zero-order chi connectivity index (χ0) is 19.4. The monoisotopic (exact) mass is 367 g/mol. The van der Waals surface area contributed by atoms with Gasteiger partial charge >= 0.3 is 6.03 Å². The van der Waals surface area contributed by atoms with E-state index in [0.29, 0.717) is 12.0 Å². The summed E-state index contributed by atoms with van der Waals surface area (Å²) in [5, 5.41) is 13.7. The molecule has 3 amide bonds. The van der Waals surface area contributed by atoms with Crippen molar-refractivity contribution in [3.05, 3.63) is 75.8 Å². The summed E-state index contributed by atoms with van der Waals surface area (Å²) in [5.74, 6) is -0.287. The van der Waals surface area contributed by atoms with Crippen molar-refractivity contribution in [2.45, 2.75) is 38.3 Å². The second kappa shape index (κ2) is 7.57. The number of imide groups is 1. The molecule has 0 radical (unpaired) electrons. The molecule has 1 atom stereocenters. The van der Waals surface area contributed by atoms with Gasteiger partial charge in [-0.3, -0.25) is 19.8 Å². The highest BCUT2D eigenvalue weighted by Gasteiger charge is 2.51. The largest absolute Gasteiger partial charge is 0.325 e. The van der Waals surface area contributed by atoms with Gasteiger partial charge in [0.05, 0.1) is 11.5 Å². The van der Waals surface area contributed by atoms with Crippen LogP contribution in [0.4, 0.5) is 10.5 Å². The first kappa shape index (κ1) is 18.6. The van der Waals surface area contributed by atoms with Crippen LogP contribution in [0.5, 0.6) is 0 Å². The van der Waals surface area contributed by atoms with Crippen LogP contribution < -0.4 is 5.32 Å². The van der Waals surface area contributed by atoms with Gasteiger partial charge < -0.3 is 5.32 Å². The van der Waals surface area contributed by atoms with Gasteiger partial charge in [0.15, 0.2) is 0 Å². The topological polar surface area (TPSA) is 92.6 Å². The van der Waals surface area contributed by atoms with Crippen LogP contribution in [-0.4, -0.2) is 21.8 Å². The van der Waals surface area contributed by atoms with Crippen molar-refractivity contribution >= 4 is 17.6 Å². The number of urea groups is 1. The van der Waals surface area contributed by atoms with Crippen LogP contribution in [0.3, 0.4) is 0 Å². The summed E-state index contributed by atoms with van der Waals surface area (Å²) in [6.45, 7) is 2.11. The first-order chi connectivity index (χ1) is 13.0. The molecule has 1 N–H and O–H groups in total. The molecule has 27 heavy (non-hydrogen) atoms. The number of nitrogens with zero attached hydrogens (tertiary/aromatic N) is 2. The smallest absolute Gasteiger partial charge is 0.319 e. The fourth-order valence-electron chi connectivity index (χ4n) is 3.35. The van der Waals surface area contributed by atoms with Crippen LogP contribution in [0, 0.1) is 10.1 Å². The van der Waals surface area contributed by atoms with Crippen molar-refractivity contribution in [3.8, 4) is 0 Å². The molecule has 2 aromatic rings. The number of nitro groups is 1. The molecule has 1 heterocycles. The number of benzene rings is 2. The Bertz CT molecular complexity index is 851. The Morgan fingerprint density at radius 1 is 1.07 bits per heavy atom. The lowest BCUT2D eigenvalue weighted by molar-refractivity contribution is -0.384. The number of rotatable bonds is 7.